The van der Waals surface area contributed by atoms with E-state index in [0.717, 1.165) is 5.56 Å². The van der Waals surface area contributed by atoms with Crippen LogP contribution in [0.1, 0.15) is 11.7 Å². The van der Waals surface area contributed by atoms with Crippen molar-refractivity contribution in [3.63, 3.8) is 0 Å². The van der Waals surface area contributed by atoms with Crippen LogP contribution in [-0.4, -0.2) is 40.8 Å². The van der Waals surface area contributed by atoms with Crippen LogP contribution in [0.25, 0.3) is 0 Å². The number of benzene rings is 1. The van der Waals surface area contributed by atoms with E-state index < -0.39 is 18.1 Å². The molecular formula is C12H17NO4S. The van der Waals surface area contributed by atoms with Gasteiger partial charge < -0.3 is 20.7 Å². The predicted molar refractivity (Wildman–Crippen MR) is 70.9 cm³/mol. The molecule has 0 amide bonds. The van der Waals surface area contributed by atoms with Crippen molar-refractivity contribution in [2.75, 3.05) is 18.6 Å². The summed E-state index contributed by atoms with van der Waals surface area (Å²) in [5.41, 5.74) is 6.11. The fourth-order valence-corrected chi connectivity index (χ4v) is 2.27. The van der Waals surface area contributed by atoms with E-state index in [1.165, 1.54) is 11.8 Å². The number of rotatable bonds is 7. The van der Waals surface area contributed by atoms with Gasteiger partial charge in [0.25, 0.3) is 0 Å². The molecule has 0 aliphatic carbocycles. The zero-order valence-electron chi connectivity index (χ0n) is 10.1. The van der Waals surface area contributed by atoms with Crippen molar-refractivity contribution < 1.29 is 19.7 Å². The van der Waals surface area contributed by atoms with E-state index in [1.54, 1.807) is 31.4 Å². The fraction of sp³-hybridized carbons (Fsp3) is 0.417. The molecule has 0 spiro atoms. The minimum Gasteiger partial charge on any atom is -0.497 e. The molecular weight excluding hydrogens is 254 g/mol. The van der Waals surface area contributed by atoms with Crippen molar-refractivity contribution in [3.05, 3.63) is 29.8 Å². The molecule has 4 N–H and O–H groups in total. The summed E-state index contributed by atoms with van der Waals surface area (Å²) < 4.78 is 5.06. The summed E-state index contributed by atoms with van der Waals surface area (Å²) in [7, 11) is 1.56. The number of carboxylic acids is 1. The molecule has 2 unspecified atom stereocenters. The number of methoxy groups -OCH3 is 1. The van der Waals surface area contributed by atoms with Gasteiger partial charge in [-0.15, -0.1) is 0 Å². The zero-order chi connectivity index (χ0) is 13.5. The molecule has 0 aliphatic rings. The maximum atomic E-state index is 10.5. The molecule has 0 heterocycles. The summed E-state index contributed by atoms with van der Waals surface area (Å²) >= 11 is 1.31. The summed E-state index contributed by atoms with van der Waals surface area (Å²) in [6.45, 7) is 0. The van der Waals surface area contributed by atoms with Gasteiger partial charge in [0.2, 0.25) is 0 Å². The van der Waals surface area contributed by atoms with E-state index in [1.807, 2.05) is 0 Å². The number of ether oxygens (including phenoxy) is 1. The average Bonchev–Trinajstić information content (AvgIpc) is 2.38. The Kier molecular flexibility index (Phi) is 5.97. The molecule has 1 rings (SSSR count). The summed E-state index contributed by atoms with van der Waals surface area (Å²) in [6.07, 6.45) is -0.661. The minimum atomic E-state index is -1.03. The van der Waals surface area contributed by atoms with Gasteiger partial charge in [-0.25, -0.2) is 0 Å². The van der Waals surface area contributed by atoms with Crippen LogP contribution in [0.4, 0.5) is 0 Å². The van der Waals surface area contributed by atoms with Gasteiger partial charge in [0.1, 0.15) is 11.8 Å². The summed E-state index contributed by atoms with van der Waals surface area (Å²) in [6, 6.07) is 6.25. The monoisotopic (exact) mass is 271 g/mol. The molecule has 0 aromatic heterocycles. The van der Waals surface area contributed by atoms with E-state index in [-0.39, 0.29) is 5.75 Å². The molecule has 6 heteroatoms. The first-order chi connectivity index (χ1) is 8.54. The molecule has 1 aromatic rings. The highest BCUT2D eigenvalue weighted by Gasteiger charge is 2.13. The van der Waals surface area contributed by atoms with E-state index in [4.69, 9.17) is 15.6 Å². The molecule has 0 aliphatic heterocycles. The zero-order valence-corrected chi connectivity index (χ0v) is 10.9. The second kappa shape index (κ2) is 7.25. The Bertz CT molecular complexity index is 399. The van der Waals surface area contributed by atoms with Gasteiger partial charge >= 0.3 is 5.97 Å². The Balaban J connectivity index is 2.44. The number of carbonyl (C=O) groups is 1. The predicted octanol–water partition coefficient (Wildman–Crippen LogP) is 0.874. The van der Waals surface area contributed by atoms with Gasteiger partial charge in [0.05, 0.1) is 13.2 Å². The lowest BCUT2D eigenvalue weighted by Gasteiger charge is -2.12. The Labute approximate surface area is 110 Å². The quantitative estimate of drug-likeness (QED) is 0.681. The lowest BCUT2D eigenvalue weighted by atomic mass is 10.1. The third-order valence-electron chi connectivity index (χ3n) is 2.37. The number of thioether (sulfide) groups is 1. The van der Waals surface area contributed by atoms with Crippen LogP contribution in [-0.2, 0) is 4.79 Å². The summed E-state index contributed by atoms with van der Waals surface area (Å²) in [5, 5.41) is 18.5. The number of carboxylic acid groups (broad SMARTS) is 1. The van der Waals surface area contributed by atoms with E-state index in [9.17, 15) is 9.90 Å². The van der Waals surface area contributed by atoms with Crippen LogP contribution in [0.3, 0.4) is 0 Å². The second-order valence-electron chi connectivity index (χ2n) is 3.77. The highest BCUT2D eigenvalue weighted by Crippen LogP contribution is 2.22. The molecule has 0 bridgehead atoms. The lowest BCUT2D eigenvalue weighted by molar-refractivity contribution is -0.137. The number of aliphatic hydroxyl groups excluding tert-OH is 1. The maximum Gasteiger partial charge on any atom is 0.321 e. The molecule has 0 saturated carbocycles. The van der Waals surface area contributed by atoms with Gasteiger partial charge in [-0.3, -0.25) is 4.79 Å². The highest BCUT2D eigenvalue weighted by atomic mass is 32.2. The first-order valence-corrected chi connectivity index (χ1v) is 6.58. The maximum absolute atomic E-state index is 10.5. The number of aliphatic carboxylic acids is 1. The van der Waals surface area contributed by atoms with Gasteiger partial charge in [0.15, 0.2) is 0 Å². The normalized spacial score (nSPS) is 13.9. The van der Waals surface area contributed by atoms with Crippen LogP contribution in [0.5, 0.6) is 5.75 Å². The van der Waals surface area contributed by atoms with Crippen molar-refractivity contribution in [2.24, 2.45) is 5.73 Å². The molecule has 0 saturated heterocycles. The first-order valence-electron chi connectivity index (χ1n) is 5.42. The Morgan fingerprint density at radius 3 is 2.83 bits per heavy atom. The molecule has 5 nitrogen and oxygen atoms in total. The number of nitrogens with two attached hydrogens (primary N) is 1. The van der Waals surface area contributed by atoms with Crippen molar-refractivity contribution in [2.45, 2.75) is 12.1 Å². The van der Waals surface area contributed by atoms with Crippen LogP contribution < -0.4 is 10.5 Å². The van der Waals surface area contributed by atoms with Crippen LogP contribution in [0.15, 0.2) is 24.3 Å². The van der Waals surface area contributed by atoms with Crippen LogP contribution in [0.2, 0.25) is 0 Å². The second-order valence-corrected chi connectivity index (χ2v) is 4.85. The Hall–Kier alpha value is -1.24. The van der Waals surface area contributed by atoms with Gasteiger partial charge in [-0.05, 0) is 17.7 Å². The largest absolute Gasteiger partial charge is 0.497 e. The number of hydrogen-bond acceptors (Lipinski definition) is 5. The van der Waals surface area contributed by atoms with Crippen molar-refractivity contribution in [1.82, 2.24) is 0 Å². The molecule has 100 valence electrons. The number of aliphatic hydroxyl groups is 1. The van der Waals surface area contributed by atoms with Gasteiger partial charge in [-0.1, -0.05) is 12.1 Å². The number of hydrogen-bond donors (Lipinski definition) is 3. The molecule has 18 heavy (non-hydrogen) atoms. The Morgan fingerprint density at radius 1 is 1.50 bits per heavy atom. The molecule has 1 aromatic carbocycles. The topological polar surface area (TPSA) is 92.8 Å². The van der Waals surface area contributed by atoms with Crippen molar-refractivity contribution in [3.8, 4) is 5.75 Å². The summed E-state index contributed by atoms with van der Waals surface area (Å²) in [5.74, 6) is 0.321. The lowest BCUT2D eigenvalue weighted by Crippen LogP contribution is -2.32. The average molecular weight is 271 g/mol. The highest BCUT2D eigenvalue weighted by molar-refractivity contribution is 7.99. The van der Waals surface area contributed by atoms with Crippen LogP contribution in [0, 0.1) is 0 Å². The molecule has 0 fully saturated rings. The van der Waals surface area contributed by atoms with Gasteiger partial charge in [-0.2, -0.15) is 11.8 Å². The summed E-state index contributed by atoms with van der Waals surface area (Å²) in [4.78, 5) is 10.5. The molecule has 2 atom stereocenters. The van der Waals surface area contributed by atoms with E-state index >= 15 is 0 Å². The minimum absolute atomic E-state index is 0.274. The first kappa shape index (κ1) is 14.8. The fourth-order valence-electron chi connectivity index (χ4n) is 1.32. The van der Waals surface area contributed by atoms with Gasteiger partial charge in [0, 0.05) is 11.5 Å². The third kappa shape index (κ3) is 4.56. The van der Waals surface area contributed by atoms with Crippen molar-refractivity contribution >= 4 is 17.7 Å². The van der Waals surface area contributed by atoms with E-state index in [2.05, 4.69) is 0 Å². The Morgan fingerprint density at radius 2 is 2.22 bits per heavy atom. The van der Waals surface area contributed by atoms with Crippen LogP contribution >= 0.6 is 11.8 Å². The van der Waals surface area contributed by atoms with Crippen molar-refractivity contribution in [1.29, 1.82) is 0 Å². The van der Waals surface area contributed by atoms with E-state index in [0.29, 0.717) is 11.5 Å². The molecule has 0 radical (unpaired) electrons. The SMILES string of the molecule is COc1cccc(C(O)CSCC(N)C(=O)O)c1. The standard InChI is InChI=1S/C12H17NO4S/c1-17-9-4-2-3-8(5-9)11(14)7-18-6-10(13)12(15)16/h2-5,10-11,14H,6-7,13H2,1H3,(H,15,16). The smallest absolute Gasteiger partial charge is 0.321 e. The third-order valence-corrected chi connectivity index (χ3v) is 3.52.